The van der Waals surface area contributed by atoms with Gasteiger partial charge < -0.3 is 15.5 Å². The van der Waals surface area contributed by atoms with E-state index in [1.165, 1.54) is 58.2 Å². The number of nitrogens with zero attached hydrogens (tertiary/aromatic N) is 2. The van der Waals surface area contributed by atoms with E-state index >= 15 is 0 Å². The lowest BCUT2D eigenvalue weighted by atomic mass is 10.1. The zero-order valence-electron chi connectivity index (χ0n) is 11.5. The first-order chi connectivity index (χ1) is 7.66. The van der Waals surface area contributed by atoms with E-state index in [0.29, 0.717) is 0 Å². The highest BCUT2D eigenvalue weighted by Crippen LogP contribution is 2.03. The average Bonchev–Trinajstić information content (AvgIpc) is 2.22. The van der Waals surface area contributed by atoms with Crippen molar-refractivity contribution in [3.05, 3.63) is 0 Å². The predicted molar refractivity (Wildman–Crippen MR) is 72.8 cm³/mol. The van der Waals surface area contributed by atoms with E-state index in [1.807, 2.05) is 0 Å². The predicted octanol–water partition coefficient (Wildman–Crippen LogP) is 1.78. The van der Waals surface area contributed by atoms with Gasteiger partial charge in [-0.2, -0.15) is 0 Å². The minimum absolute atomic E-state index is 0.852. The maximum Gasteiger partial charge on any atom is -0.000960 e. The maximum absolute atomic E-state index is 5.46. The van der Waals surface area contributed by atoms with Crippen LogP contribution in [0.1, 0.15) is 38.5 Å². The summed E-state index contributed by atoms with van der Waals surface area (Å²) in [4.78, 5) is 4.70. The molecule has 0 heterocycles. The molecule has 0 unspecified atom stereocenters. The summed E-state index contributed by atoms with van der Waals surface area (Å²) in [6.45, 7) is 4.52. The fraction of sp³-hybridized carbons (Fsp3) is 1.00. The fourth-order valence-corrected chi connectivity index (χ4v) is 1.83. The summed E-state index contributed by atoms with van der Waals surface area (Å²) in [5.41, 5.74) is 5.46. The smallest absolute Gasteiger partial charge is 0.000960 e. The van der Waals surface area contributed by atoms with Crippen LogP contribution < -0.4 is 5.73 Å². The van der Waals surface area contributed by atoms with Gasteiger partial charge in [-0.25, -0.2) is 0 Å². The molecule has 0 bridgehead atoms. The van der Waals surface area contributed by atoms with Crippen molar-refractivity contribution in [1.29, 1.82) is 0 Å². The van der Waals surface area contributed by atoms with Crippen LogP contribution in [-0.4, -0.2) is 57.1 Å². The molecule has 3 nitrogen and oxygen atoms in total. The molecular weight excluding hydrogens is 198 g/mol. The summed E-state index contributed by atoms with van der Waals surface area (Å²) in [5.74, 6) is 0. The third kappa shape index (κ3) is 12.0. The van der Waals surface area contributed by atoms with E-state index < -0.39 is 0 Å². The van der Waals surface area contributed by atoms with E-state index in [0.717, 1.165) is 6.54 Å². The molecule has 0 spiro atoms. The number of hydrogen-bond acceptors (Lipinski definition) is 3. The molecule has 0 aromatic rings. The molecule has 0 aromatic heterocycles. The topological polar surface area (TPSA) is 32.5 Å². The Morgan fingerprint density at radius 3 is 1.88 bits per heavy atom. The van der Waals surface area contributed by atoms with Crippen molar-refractivity contribution in [3.8, 4) is 0 Å². The van der Waals surface area contributed by atoms with Gasteiger partial charge in [0.15, 0.2) is 0 Å². The van der Waals surface area contributed by atoms with Crippen LogP contribution in [0.4, 0.5) is 0 Å². The molecule has 0 rings (SSSR count). The molecule has 0 radical (unpaired) electrons. The Bertz CT molecular complexity index is 137. The molecule has 0 fully saturated rings. The van der Waals surface area contributed by atoms with Crippen LogP contribution in [0.15, 0.2) is 0 Å². The van der Waals surface area contributed by atoms with Crippen LogP contribution in [0.2, 0.25) is 0 Å². The molecule has 0 amide bonds. The molecule has 98 valence electrons. The van der Waals surface area contributed by atoms with Crippen molar-refractivity contribution in [2.45, 2.75) is 38.5 Å². The van der Waals surface area contributed by atoms with E-state index in [4.69, 9.17) is 5.73 Å². The number of rotatable bonds is 11. The second-order valence-electron chi connectivity index (χ2n) is 5.02. The van der Waals surface area contributed by atoms with Crippen molar-refractivity contribution in [2.75, 3.05) is 47.3 Å². The summed E-state index contributed by atoms with van der Waals surface area (Å²) < 4.78 is 0. The van der Waals surface area contributed by atoms with Gasteiger partial charge in [0.05, 0.1) is 0 Å². The summed E-state index contributed by atoms with van der Waals surface area (Å²) in [6, 6.07) is 0. The van der Waals surface area contributed by atoms with E-state index in [9.17, 15) is 0 Å². The first-order valence-electron chi connectivity index (χ1n) is 6.70. The minimum atomic E-state index is 0.852. The molecule has 0 saturated carbocycles. The Morgan fingerprint density at radius 1 is 0.688 bits per heavy atom. The Labute approximate surface area is 102 Å². The van der Waals surface area contributed by atoms with Gasteiger partial charge >= 0.3 is 0 Å². The van der Waals surface area contributed by atoms with Gasteiger partial charge in [0.25, 0.3) is 0 Å². The third-order valence-electron chi connectivity index (χ3n) is 2.89. The average molecular weight is 229 g/mol. The second kappa shape index (κ2) is 11.4. The summed E-state index contributed by atoms with van der Waals surface area (Å²) in [6.07, 6.45) is 7.82. The van der Waals surface area contributed by atoms with Crippen molar-refractivity contribution < 1.29 is 0 Å². The van der Waals surface area contributed by atoms with E-state index in [2.05, 4.69) is 30.9 Å². The zero-order chi connectivity index (χ0) is 12.2. The Balaban J connectivity index is 3.14. The van der Waals surface area contributed by atoms with Gasteiger partial charge in [-0.15, -0.1) is 0 Å². The molecule has 3 heteroatoms. The van der Waals surface area contributed by atoms with Gasteiger partial charge in [0, 0.05) is 0 Å². The molecule has 0 saturated heterocycles. The van der Waals surface area contributed by atoms with Crippen molar-refractivity contribution in [2.24, 2.45) is 5.73 Å². The summed E-state index contributed by atoms with van der Waals surface area (Å²) in [7, 11) is 6.50. The van der Waals surface area contributed by atoms with Gasteiger partial charge in [-0.1, -0.05) is 19.3 Å². The van der Waals surface area contributed by atoms with Crippen LogP contribution in [0.25, 0.3) is 0 Å². The van der Waals surface area contributed by atoms with Gasteiger partial charge in [0.2, 0.25) is 0 Å². The van der Waals surface area contributed by atoms with Crippen LogP contribution in [0.3, 0.4) is 0 Å². The molecule has 0 aliphatic heterocycles. The largest absolute Gasteiger partial charge is 0.330 e. The number of nitrogens with two attached hydrogens (primary N) is 1. The number of unbranched alkanes of at least 4 members (excludes halogenated alkanes) is 4. The molecule has 0 atom stereocenters. The molecular formula is C13H31N3. The standard InChI is InChI=1S/C13H31N3/c1-15(2)11-9-13-16(3)12-8-6-4-5-7-10-14/h4-14H2,1-3H3. The van der Waals surface area contributed by atoms with Crippen molar-refractivity contribution in [3.63, 3.8) is 0 Å². The normalized spacial score (nSPS) is 11.6. The van der Waals surface area contributed by atoms with Crippen LogP contribution >= 0.6 is 0 Å². The van der Waals surface area contributed by atoms with Gasteiger partial charge in [-0.3, -0.25) is 0 Å². The van der Waals surface area contributed by atoms with Gasteiger partial charge in [0.1, 0.15) is 0 Å². The SMILES string of the molecule is CN(C)CCCN(C)CCCCCCCN. The monoisotopic (exact) mass is 229 g/mol. The van der Waals surface area contributed by atoms with E-state index in [1.54, 1.807) is 0 Å². The Kier molecular flexibility index (Phi) is 11.3. The molecule has 0 aliphatic carbocycles. The Morgan fingerprint density at radius 2 is 1.25 bits per heavy atom. The lowest BCUT2D eigenvalue weighted by Gasteiger charge is -2.17. The molecule has 0 aliphatic rings. The lowest BCUT2D eigenvalue weighted by molar-refractivity contribution is 0.294. The molecule has 16 heavy (non-hydrogen) atoms. The third-order valence-corrected chi connectivity index (χ3v) is 2.89. The first kappa shape index (κ1) is 15.9. The highest BCUT2D eigenvalue weighted by molar-refractivity contribution is 4.54. The minimum Gasteiger partial charge on any atom is -0.330 e. The quantitative estimate of drug-likeness (QED) is 0.548. The lowest BCUT2D eigenvalue weighted by Crippen LogP contribution is -2.24. The zero-order valence-corrected chi connectivity index (χ0v) is 11.5. The van der Waals surface area contributed by atoms with Crippen molar-refractivity contribution >= 4 is 0 Å². The van der Waals surface area contributed by atoms with Gasteiger partial charge in [-0.05, 0) is 66.6 Å². The van der Waals surface area contributed by atoms with Crippen LogP contribution in [0.5, 0.6) is 0 Å². The van der Waals surface area contributed by atoms with Crippen molar-refractivity contribution in [1.82, 2.24) is 9.80 Å². The van der Waals surface area contributed by atoms with Crippen LogP contribution in [0, 0.1) is 0 Å². The summed E-state index contributed by atoms with van der Waals surface area (Å²) >= 11 is 0. The molecule has 2 N–H and O–H groups in total. The van der Waals surface area contributed by atoms with Crippen LogP contribution in [-0.2, 0) is 0 Å². The highest BCUT2D eigenvalue weighted by Gasteiger charge is 1.98. The first-order valence-corrected chi connectivity index (χ1v) is 6.70. The fourth-order valence-electron chi connectivity index (χ4n) is 1.83. The molecule has 0 aromatic carbocycles. The second-order valence-corrected chi connectivity index (χ2v) is 5.02. The summed E-state index contributed by atoms with van der Waals surface area (Å²) in [5, 5.41) is 0. The van der Waals surface area contributed by atoms with E-state index in [-0.39, 0.29) is 0 Å². The maximum atomic E-state index is 5.46. The highest BCUT2D eigenvalue weighted by atomic mass is 15.1. The number of hydrogen-bond donors (Lipinski definition) is 1. The Hall–Kier alpha value is -0.120.